The summed E-state index contributed by atoms with van der Waals surface area (Å²) < 4.78 is 0. The van der Waals surface area contributed by atoms with Gasteiger partial charge in [-0.2, -0.15) is 0 Å². The number of aryl methyl sites for hydroxylation is 2. The zero-order valence-corrected chi connectivity index (χ0v) is 16.9. The van der Waals surface area contributed by atoms with E-state index >= 15 is 0 Å². The molecule has 0 atom stereocenters. The van der Waals surface area contributed by atoms with E-state index in [1.807, 2.05) is 0 Å². The number of thiophene rings is 1. The first kappa shape index (κ1) is 18.0. The third kappa shape index (κ3) is 3.69. The van der Waals surface area contributed by atoms with Gasteiger partial charge in [0.25, 0.3) is 0 Å². The van der Waals surface area contributed by atoms with Crippen molar-refractivity contribution >= 4 is 68.1 Å². The number of nitrogens with zero attached hydrogens (tertiary/aromatic N) is 2. The summed E-state index contributed by atoms with van der Waals surface area (Å²) in [6.07, 6.45) is 6.21. The van der Waals surface area contributed by atoms with Crippen LogP contribution in [0, 0.1) is 0 Å². The third-order valence-corrected chi connectivity index (χ3v) is 7.01. The molecule has 2 heterocycles. The molecule has 3 aromatic rings. The van der Waals surface area contributed by atoms with Crippen molar-refractivity contribution < 1.29 is 4.79 Å². The molecule has 0 unspecified atom stereocenters. The lowest BCUT2D eigenvalue weighted by molar-refractivity contribution is -0.113. The highest BCUT2D eigenvalue weighted by Crippen LogP contribution is 2.39. The van der Waals surface area contributed by atoms with Crippen molar-refractivity contribution in [1.82, 2.24) is 9.97 Å². The first-order chi connectivity index (χ1) is 12.6. The maximum Gasteiger partial charge on any atom is 0.234 e. The number of anilines is 1. The van der Waals surface area contributed by atoms with Gasteiger partial charge >= 0.3 is 0 Å². The van der Waals surface area contributed by atoms with Crippen LogP contribution in [0.5, 0.6) is 0 Å². The zero-order chi connectivity index (χ0) is 18.1. The van der Waals surface area contributed by atoms with Gasteiger partial charge in [0, 0.05) is 15.3 Å². The number of benzene rings is 1. The molecule has 0 radical (unpaired) electrons. The van der Waals surface area contributed by atoms with Gasteiger partial charge in [-0.15, -0.1) is 11.3 Å². The largest absolute Gasteiger partial charge is 0.324 e. The molecule has 0 spiro atoms. The Balaban J connectivity index is 1.52. The number of carbonyl (C=O) groups is 1. The summed E-state index contributed by atoms with van der Waals surface area (Å²) in [7, 11) is 0. The Labute approximate surface area is 169 Å². The summed E-state index contributed by atoms with van der Waals surface area (Å²) in [4.78, 5) is 23.6. The Morgan fingerprint density at radius 2 is 2.08 bits per heavy atom. The average Bonchev–Trinajstić information content (AvgIpc) is 3.02. The lowest BCUT2D eigenvalue weighted by Gasteiger charge is -2.11. The number of hydrogen-bond acceptors (Lipinski definition) is 5. The van der Waals surface area contributed by atoms with Crippen molar-refractivity contribution in [3.05, 3.63) is 45.0 Å². The van der Waals surface area contributed by atoms with E-state index in [2.05, 4.69) is 15.3 Å². The molecular weight excluding hydrogens is 409 g/mol. The van der Waals surface area contributed by atoms with E-state index in [0.29, 0.717) is 15.7 Å². The number of amides is 1. The minimum absolute atomic E-state index is 0.143. The second kappa shape index (κ2) is 7.72. The Morgan fingerprint density at radius 1 is 1.23 bits per heavy atom. The van der Waals surface area contributed by atoms with Crippen molar-refractivity contribution in [3.63, 3.8) is 0 Å². The van der Waals surface area contributed by atoms with Crippen LogP contribution in [0.15, 0.2) is 29.6 Å². The maximum atomic E-state index is 12.3. The van der Waals surface area contributed by atoms with Gasteiger partial charge in [0.2, 0.25) is 5.91 Å². The Kier molecular flexibility index (Phi) is 5.36. The quantitative estimate of drug-likeness (QED) is 0.437. The Bertz CT molecular complexity index is 990. The van der Waals surface area contributed by atoms with Gasteiger partial charge in [0.1, 0.15) is 16.2 Å². The molecule has 134 valence electrons. The van der Waals surface area contributed by atoms with Crippen molar-refractivity contribution in [2.75, 3.05) is 11.1 Å². The fraction of sp³-hybridized carbons (Fsp3) is 0.278. The van der Waals surface area contributed by atoms with Gasteiger partial charge in [0.05, 0.1) is 16.5 Å². The number of carbonyl (C=O) groups excluding carboxylic acids is 1. The van der Waals surface area contributed by atoms with Crippen LogP contribution in [-0.2, 0) is 17.6 Å². The van der Waals surface area contributed by atoms with Crippen LogP contribution in [0.1, 0.15) is 23.3 Å². The summed E-state index contributed by atoms with van der Waals surface area (Å²) in [6, 6.07) is 4.99. The molecule has 1 N–H and O–H groups in total. The predicted octanol–water partition coefficient (Wildman–Crippen LogP) is 5.61. The lowest BCUT2D eigenvalue weighted by Crippen LogP contribution is -2.14. The van der Waals surface area contributed by atoms with Crippen LogP contribution in [0.4, 0.5) is 5.69 Å². The van der Waals surface area contributed by atoms with Gasteiger partial charge in [-0.1, -0.05) is 35.0 Å². The normalized spacial score (nSPS) is 13.6. The number of rotatable bonds is 4. The molecule has 0 fully saturated rings. The van der Waals surface area contributed by atoms with Gasteiger partial charge in [0.15, 0.2) is 0 Å². The van der Waals surface area contributed by atoms with E-state index in [1.54, 1.807) is 35.9 Å². The smallest absolute Gasteiger partial charge is 0.234 e. The van der Waals surface area contributed by atoms with Crippen molar-refractivity contribution in [1.29, 1.82) is 0 Å². The molecule has 1 amide bonds. The second-order valence-electron chi connectivity index (χ2n) is 6.03. The fourth-order valence-electron chi connectivity index (χ4n) is 3.08. The fourth-order valence-corrected chi connectivity index (χ4v) is 5.54. The highest BCUT2D eigenvalue weighted by Gasteiger charge is 2.20. The van der Waals surface area contributed by atoms with E-state index in [1.165, 1.54) is 35.0 Å². The van der Waals surface area contributed by atoms with Crippen LogP contribution >= 0.6 is 46.3 Å². The van der Waals surface area contributed by atoms with E-state index in [4.69, 9.17) is 23.2 Å². The lowest BCUT2D eigenvalue weighted by atomic mass is 9.97. The minimum Gasteiger partial charge on any atom is -0.324 e. The van der Waals surface area contributed by atoms with Crippen LogP contribution in [0.25, 0.3) is 10.2 Å². The van der Waals surface area contributed by atoms with Gasteiger partial charge in [-0.25, -0.2) is 9.97 Å². The zero-order valence-electron chi connectivity index (χ0n) is 13.7. The minimum atomic E-state index is -0.143. The first-order valence-corrected chi connectivity index (χ1v) is 10.8. The maximum absolute atomic E-state index is 12.3. The topological polar surface area (TPSA) is 54.9 Å². The van der Waals surface area contributed by atoms with Crippen LogP contribution in [0.2, 0.25) is 10.0 Å². The van der Waals surface area contributed by atoms with Crippen molar-refractivity contribution in [3.8, 4) is 0 Å². The summed E-state index contributed by atoms with van der Waals surface area (Å²) >= 11 is 15.3. The van der Waals surface area contributed by atoms with E-state index in [-0.39, 0.29) is 11.7 Å². The summed E-state index contributed by atoms with van der Waals surface area (Å²) in [5, 5.41) is 5.81. The molecule has 1 aliphatic carbocycles. The van der Waals surface area contributed by atoms with Gasteiger partial charge in [-0.05, 0) is 49.4 Å². The van der Waals surface area contributed by atoms with E-state index in [0.717, 1.165) is 28.1 Å². The SMILES string of the molecule is O=C(CSc1ncnc2sc3c(c12)CCCC3)Nc1cc(Cl)ccc1Cl. The van der Waals surface area contributed by atoms with Crippen LogP contribution in [0.3, 0.4) is 0 Å². The number of thioether (sulfide) groups is 1. The van der Waals surface area contributed by atoms with Gasteiger partial charge in [-0.3, -0.25) is 4.79 Å². The molecule has 1 aliphatic rings. The number of fused-ring (bicyclic) bond motifs is 3. The molecular formula is C18H15Cl2N3OS2. The highest BCUT2D eigenvalue weighted by atomic mass is 35.5. The van der Waals surface area contributed by atoms with Crippen LogP contribution in [-0.4, -0.2) is 21.6 Å². The van der Waals surface area contributed by atoms with E-state index in [9.17, 15) is 4.79 Å². The molecule has 4 nitrogen and oxygen atoms in total. The van der Waals surface area contributed by atoms with Gasteiger partial charge < -0.3 is 5.32 Å². The molecule has 0 aliphatic heterocycles. The van der Waals surface area contributed by atoms with E-state index < -0.39 is 0 Å². The first-order valence-electron chi connectivity index (χ1n) is 8.25. The number of halogens is 2. The molecule has 2 aromatic heterocycles. The number of hydrogen-bond donors (Lipinski definition) is 1. The molecule has 1 aromatic carbocycles. The Hall–Kier alpha value is -1.34. The van der Waals surface area contributed by atoms with Crippen molar-refractivity contribution in [2.24, 2.45) is 0 Å². The molecule has 0 saturated carbocycles. The number of aromatic nitrogens is 2. The Morgan fingerprint density at radius 3 is 2.96 bits per heavy atom. The summed E-state index contributed by atoms with van der Waals surface area (Å²) in [5.41, 5.74) is 1.89. The summed E-state index contributed by atoms with van der Waals surface area (Å²) in [5.74, 6) is 0.106. The van der Waals surface area contributed by atoms with Crippen molar-refractivity contribution in [2.45, 2.75) is 30.7 Å². The molecule has 0 bridgehead atoms. The predicted molar refractivity (Wildman–Crippen MR) is 110 cm³/mol. The molecule has 4 rings (SSSR count). The summed E-state index contributed by atoms with van der Waals surface area (Å²) in [6.45, 7) is 0. The standard InChI is InChI=1S/C18H15Cl2N3OS2/c19-10-5-6-12(20)13(7-10)23-15(24)8-25-17-16-11-3-1-2-4-14(11)26-18(16)22-9-21-17/h5-7,9H,1-4,8H2,(H,23,24). The second-order valence-corrected chi connectivity index (χ2v) is 8.92. The number of nitrogens with one attached hydrogen (secondary N) is 1. The highest BCUT2D eigenvalue weighted by molar-refractivity contribution is 8.00. The third-order valence-electron chi connectivity index (χ3n) is 4.26. The molecule has 26 heavy (non-hydrogen) atoms. The average molecular weight is 424 g/mol. The molecule has 8 heteroatoms. The molecule has 0 saturated heterocycles. The monoisotopic (exact) mass is 423 g/mol. The van der Waals surface area contributed by atoms with Crippen LogP contribution < -0.4 is 5.32 Å².